The van der Waals surface area contributed by atoms with E-state index >= 15 is 0 Å². The van der Waals surface area contributed by atoms with E-state index < -0.39 is 26.3 Å². The molecular weight excluding hydrogens is 300 g/mol. The summed E-state index contributed by atoms with van der Waals surface area (Å²) in [6.07, 6.45) is 0.340. The number of carboxylic acids is 1. The van der Waals surface area contributed by atoms with Crippen LogP contribution in [0.15, 0.2) is 18.2 Å². The van der Waals surface area contributed by atoms with Gasteiger partial charge in [0.15, 0.2) is 9.84 Å². The highest BCUT2D eigenvalue weighted by molar-refractivity contribution is 7.91. The van der Waals surface area contributed by atoms with Crippen molar-refractivity contribution in [3.8, 4) is 0 Å². The first kappa shape index (κ1) is 15.2. The zero-order chi connectivity index (χ0) is 15.8. The zero-order valence-electron chi connectivity index (χ0n) is 11.2. The number of sulfone groups is 1. The second kappa shape index (κ2) is 4.99. The lowest BCUT2D eigenvalue weighted by Gasteiger charge is -2.25. The standard InChI is InChI=1S/C12H14N2O6S/c1-12(4-5-21(19,20)7-12)13-9-3-2-8(11(15)16)6-10(9)14(17)18/h2-3,6,13H,4-5,7H2,1H3,(H,15,16). The largest absolute Gasteiger partial charge is 0.478 e. The van der Waals surface area contributed by atoms with Gasteiger partial charge < -0.3 is 10.4 Å². The maximum absolute atomic E-state index is 11.5. The number of nitro benzene ring substituents is 1. The highest BCUT2D eigenvalue weighted by Crippen LogP contribution is 2.32. The molecule has 1 saturated heterocycles. The monoisotopic (exact) mass is 314 g/mol. The summed E-state index contributed by atoms with van der Waals surface area (Å²) < 4.78 is 23.1. The van der Waals surface area contributed by atoms with E-state index in [9.17, 15) is 23.3 Å². The fourth-order valence-corrected chi connectivity index (χ4v) is 4.45. The SMILES string of the molecule is CC1(Nc2ccc(C(=O)O)cc2[N+](=O)[O-])CCS(=O)(=O)C1. The Morgan fingerprint density at radius 1 is 1.48 bits per heavy atom. The fourth-order valence-electron chi connectivity index (χ4n) is 2.36. The van der Waals surface area contributed by atoms with Gasteiger partial charge in [0, 0.05) is 11.6 Å². The van der Waals surface area contributed by atoms with Crippen molar-refractivity contribution in [2.24, 2.45) is 0 Å². The molecule has 1 fully saturated rings. The number of rotatable bonds is 4. The van der Waals surface area contributed by atoms with Crippen molar-refractivity contribution >= 4 is 27.2 Å². The molecule has 21 heavy (non-hydrogen) atoms. The Morgan fingerprint density at radius 3 is 2.62 bits per heavy atom. The third kappa shape index (κ3) is 3.30. The predicted octanol–water partition coefficient (Wildman–Crippen LogP) is 1.28. The Hall–Kier alpha value is -2.16. The average molecular weight is 314 g/mol. The number of nitrogens with one attached hydrogen (secondary N) is 1. The lowest BCUT2D eigenvalue weighted by molar-refractivity contribution is -0.384. The normalized spacial score (nSPS) is 23.7. The Bertz CT molecular complexity index is 714. The molecule has 1 atom stereocenters. The van der Waals surface area contributed by atoms with E-state index in [4.69, 9.17) is 5.11 Å². The van der Waals surface area contributed by atoms with Crippen molar-refractivity contribution in [1.29, 1.82) is 0 Å². The van der Waals surface area contributed by atoms with Gasteiger partial charge in [-0.1, -0.05) is 0 Å². The summed E-state index contributed by atoms with van der Waals surface area (Å²) in [6.45, 7) is 1.67. The third-order valence-electron chi connectivity index (χ3n) is 3.38. The minimum absolute atomic E-state index is 0.0253. The highest BCUT2D eigenvalue weighted by Gasteiger charge is 2.39. The van der Waals surface area contributed by atoms with Crippen LogP contribution in [-0.2, 0) is 9.84 Å². The van der Waals surface area contributed by atoms with E-state index in [2.05, 4.69) is 5.32 Å². The highest BCUT2D eigenvalue weighted by atomic mass is 32.2. The van der Waals surface area contributed by atoms with Crippen molar-refractivity contribution < 1.29 is 23.2 Å². The number of nitro groups is 1. The molecule has 0 saturated carbocycles. The van der Waals surface area contributed by atoms with Gasteiger partial charge in [0.25, 0.3) is 5.69 Å². The van der Waals surface area contributed by atoms with Crippen LogP contribution in [0.2, 0.25) is 0 Å². The molecule has 0 amide bonds. The van der Waals surface area contributed by atoms with Crippen LogP contribution in [0.4, 0.5) is 11.4 Å². The van der Waals surface area contributed by atoms with E-state index in [-0.39, 0.29) is 28.4 Å². The summed E-state index contributed by atoms with van der Waals surface area (Å²) in [7, 11) is -3.16. The minimum atomic E-state index is -3.16. The van der Waals surface area contributed by atoms with E-state index in [0.717, 1.165) is 6.07 Å². The first-order valence-electron chi connectivity index (χ1n) is 6.12. The van der Waals surface area contributed by atoms with Gasteiger partial charge in [0.05, 0.1) is 22.0 Å². The van der Waals surface area contributed by atoms with E-state index in [1.807, 2.05) is 0 Å². The molecule has 0 radical (unpaired) electrons. The molecule has 1 aliphatic heterocycles. The Balaban J connectivity index is 2.36. The van der Waals surface area contributed by atoms with E-state index in [1.54, 1.807) is 6.92 Å². The fraction of sp³-hybridized carbons (Fsp3) is 0.417. The lowest BCUT2D eigenvalue weighted by atomic mass is 10.0. The molecule has 2 N–H and O–H groups in total. The van der Waals surface area contributed by atoms with Gasteiger partial charge in [0.1, 0.15) is 5.69 Å². The molecule has 1 aromatic rings. The van der Waals surface area contributed by atoms with E-state index in [0.29, 0.717) is 6.42 Å². The molecule has 9 heteroatoms. The maximum Gasteiger partial charge on any atom is 0.335 e. The second-order valence-corrected chi connectivity index (χ2v) is 7.51. The van der Waals surface area contributed by atoms with Gasteiger partial charge in [-0.3, -0.25) is 10.1 Å². The van der Waals surface area contributed by atoms with Gasteiger partial charge in [-0.05, 0) is 25.5 Å². The van der Waals surface area contributed by atoms with Gasteiger partial charge in [0.2, 0.25) is 0 Å². The molecule has 0 aromatic heterocycles. The number of carbonyl (C=O) groups is 1. The number of hydrogen-bond donors (Lipinski definition) is 2. The Morgan fingerprint density at radius 2 is 2.14 bits per heavy atom. The quantitative estimate of drug-likeness (QED) is 0.633. The molecule has 1 aromatic carbocycles. The smallest absolute Gasteiger partial charge is 0.335 e. The topological polar surface area (TPSA) is 127 Å². The summed E-state index contributed by atoms with van der Waals surface area (Å²) >= 11 is 0. The van der Waals surface area contributed by atoms with Crippen molar-refractivity contribution in [2.75, 3.05) is 16.8 Å². The van der Waals surface area contributed by atoms with Crippen LogP contribution in [0, 0.1) is 10.1 Å². The summed E-state index contributed by atoms with van der Waals surface area (Å²) in [5.74, 6) is -1.35. The van der Waals surface area contributed by atoms with Crippen LogP contribution >= 0.6 is 0 Å². The summed E-state index contributed by atoms with van der Waals surface area (Å²) in [6, 6.07) is 3.49. The average Bonchev–Trinajstić information content (AvgIpc) is 2.63. The Labute approximate surface area is 120 Å². The van der Waals surface area contributed by atoms with Crippen LogP contribution in [0.3, 0.4) is 0 Å². The van der Waals surface area contributed by atoms with Crippen molar-refractivity contribution in [3.63, 3.8) is 0 Å². The van der Waals surface area contributed by atoms with Crippen molar-refractivity contribution in [1.82, 2.24) is 0 Å². The molecule has 0 bridgehead atoms. The lowest BCUT2D eigenvalue weighted by Crippen LogP contribution is -2.36. The maximum atomic E-state index is 11.5. The minimum Gasteiger partial charge on any atom is -0.478 e. The molecule has 2 rings (SSSR count). The van der Waals surface area contributed by atoms with Gasteiger partial charge in [-0.2, -0.15) is 0 Å². The van der Waals surface area contributed by atoms with Crippen LogP contribution in [0.5, 0.6) is 0 Å². The molecule has 114 valence electrons. The molecule has 0 aliphatic carbocycles. The number of carboxylic acid groups (broad SMARTS) is 1. The third-order valence-corrected chi connectivity index (χ3v) is 5.28. The molecule has 1 unspecified atom stereocenters. The molecule has 0 spiro atoms. The summed E-state index contributed by atoms with van der Waals surface area (Å²) in [5.41, 5.74) is -1.27. The Kier molecular flexibility index (Phi) is 3.62. The van der Waals surface area contributed by atoms with Crippen molar-refractivity contribution in [2.45, 2.75) is 18.9 Å². The van der Waals surface area contributed by atoms with Gasteiger partial charge >= 0.3 is 5.97 Å². The molecule has 1 aliphatic rings. The van der Waals surface area contributed by atoms with Crippen LogP contribution in [0.25, 0.3) is 0 Å². The number of anilines is 1. The number of hydrogen-bond acceptors (Lipinski definition) is 6. The van der Waals surface area contributed by atoms with Gasteiger partial charge in [-0.15, -0.1) is 0 Å². The number of benzene rings is 1. The summed E-state index contributed by atoms with van der Waals surface area (Å²) in [5, 5.41) is 22.8. The van der Waals surface area contributed by atoms with Crippen LogP contribution in [0.1, 0.15) is 23.7 Å². The van der Waals surface area contributed by atoms with Crippen LogP contribution < -0.4 is 5.32 Å². The predicted molar refractivity (Wildman–Crippen MR) is 75.4 cm³/mol. The first-order chi connectivity index (χ1) is 9.62. The van der Waals surface area contributed by atoms with Gasteiger partial charge in [-0.25, -0.2) is 13.2 Å². The molecule has 8 nitrogen and oxygen atoms in total. The first-order valence-corrected chi connectivity index (χ1v) is 7.94. The number of nitrogens with zero attached hydrogens (tertiary/aromatic N) is 1. The van der Waals surface area contributed by atoms with Crippen molar-refractivity contribution in [3.05, 3.63) is 33.9 Å². The zero-order valence-corrected chi connectivity index (χ0v) is 12.0. The van der Waals surface area contributed by atoms with Crippen LogP contribution in [-0.4, -0.2) is 41.5 Å². The molecular formula is C12H14N2O6S. The second-order valence-electron chi connectivity index (χ2n) is 5.32. The molecule has 1 heterocycles. The van der Waals surface area contributed by atoms with E-state index in [1.165, 1.54) is 12.1 Å². The summed E-state index contributed by atoms with van der Waals surface area (Å²) in [4.78, 5) is 21.2. The number of aromatic carboxylic acids is 1.